The van der Waals surface area contributed by atoms with Crippen LogP contribution in [0.1, 0.15) is 20.3 Å². The Morgan fingerprint density at radius 1 is 1.05 bits per heavy atom. The van der Waals surface area contributed by atoms with Gasteiger partial charge in [0.15, 0.2) is 0 Å². The fraction of sp³-hybridized carbons (Fsp3) is 0.800. The van der Waals surface area contributed by atoms with Crippen LogP contribution in [0.15, 0.2) is 12.4 Å². The summed E-state index contributed by atoms with van der Waals surface area (Å²) in [6.07, 6.45) is 3.70. The van der Waals surface area contributed by atoms with Crippen LogP contribution >= 0.6 is 0 Å². The lowest BCUT2D eigenvalue weighted by molar-refractivity contribution is -0.170. The summed E-state index contributed by atoms with van der Waals surface area (Å²) in [6.45, 7) is 8.06. The van der Waals surface area contributed by atoms with Gasteiger partial charge >= 0.3 is 5.97 Å². The van der Waals surface area contributed by atoms with Crippen LogP contribution in [0.25, 0.3) is 0 Å². The van der Waals surface area contributed by atoms with Crippen molar-refractivity contribution < 1.29 is 23.7 Å². The molecule has 1 unspecified atom stereocenters. The highest BCUT2D eigenvalue weighted by atomic mass is 16.6. The fourth-order valence-corrected chi connectivity index (χ4v) is 1.98. The first kappa shape index (κ1) is 18.7. The molecule has 0 spiro atoms. The van der Waals surface area contributed by atoms with Crippen LogP contribution in [0.5, 0.6) is 0 Å². The van der Waals surface area contributed by atoms with Crippen molar-refractivity contribution in [3.63, 3.8) is 0 Å². The molecule has 22 heavy (non-hydrogen) atoms. The predicted octanol–water partition coefficient (Wildman–Crippen LogP) is 1.01. The zero-order chi connectivity index (χ0) is 16.2. The molecule has 0 aromatic carbocycles. The lowest BCUT2D eigenvalue weighted by Crippen LogP contribution is -2.43. The van der Waals surface area contributed by atoms with Crippen molar-refractivity contribution in [3.05, 3.63) is 12.4 Å². The van der Waals surface area contributed by atoms with Crippen LogP contribution < -0.4 is 0 Å². The summed E-state index contributed by atoms with van der Waals surface area (Å²) in [5, 5.41) is 0. The van der Waals surface area contributed by atoms with E-state index < -0.39 is 6.35 Å². The second-order valence-electron chi connectivity index (χ2n) is 4.73. The Morgan fingerprint density at radius 3 is 2.50 bits per heavy atom. The Labute approximate surface area is 132 Å². The summed E-state index contributed by atoms with van der Waals surface area (Å²) in [6, 6.07) is 0. The normalized spacial score (nSPS) is 17.3. The Morgan fingerprint density at radius 2 is 1.82 bits per heavy atom. The van der Waals surface area contributed by atoms with Crippen LogP contribution in [0.3, 0.4) is 0 Å². The van der Waals surface area contributed by atoms with E-state index in [1.54, 1.807) is 7.11 Å². The monoisotopic (exact) mass is 316 g/mol. The number of hydrogen-bond donors (Lipinski definition) is 0. The average molecular weight is 316 g/mol. The first-order valence-electron chi connectivity index (χ1n) is 7.76. The van der Waals surface area contributed by atoms with Gasteiger partial charge in [0.25, 0.3) is 6.35 Å². The average Bonchev–Trinajstić information content (AvgIpc) is 2.89. The molecule has 0 N–H and O–H groups in total. The summed E-state index contributed by atoms with van der Waals surface area (Å²) in [7, 11) is 1.61. The highest BCUT2D eigenvalue weighted by molar-refractivity contribution is 5.69. The molecule has 0 fully saturated rings. The van der Waals surface area contributed by atoms with E-state index in [0.29, 0.717) is 39.6 Å². The van der Waals surface area contributed by atoms with Gasteiger partial charge in [-0.2, -0.15) is 0 Å². The van der Waals surface area contributed by atoms with E-state index in [0.717, 1.165) is 6.54 Å². The molecule has 0 aromatic rings. The summed E-state index contributed by atoms with van der Waals surface area (Å²) in [5.41, 5.74) is 0. The number of rotatable bonds is 12. The van der Waals surface area contributed by atoms with Gasteiger partial charge < -0.3 is 28.7 Å². The molecule has 0 aliphatic carbocycles. The third-order valence-electron chi connectivity index (χ3n) is 3.20. The van der Waals surface area contributed by atoms with E-state index in [4.69, 9.17) is 18.9 Å². The highest BCUT2D eigenvalue weighted by Gasteiger charge is 2.28. The molecule has 0 saturated heterocycles. The molecule has 1 atom stereocenters. The third-order valence-corrected chi connectivity index (χ3v) is 3.20. The minimum atomic E-state index is -0.392. The standard InChI is InChI=1S/C15H28N2O5/c1-4-16-7-8-17(9-11-20-5-2)15(16)22-14(18)6-10-21-13-12-19-3/h7-8,15H,4-6,9-13H2,1-3H3. The molecule has 1 rings (SSSR count). The zero-order valence-electron chi connectivity index (χ0n) is 13.8. The van der Waals surface area contributed by atoms with E-state index in [-0.39, 0.29) is 12.4 Å². The molecule has 0 amide bonds. The van der Waals surface area contributed by atoms with Gasteiger partial charge in [-0.1, -0.05) is 0 Å². The molecule has 0 aromatic heterocycles. The molecular weight excluding hydrogens is 288 g/mol. The highest BCUT2D eigenvalue weighted by Crippen LogP contribution is 2.17. The molecule has 0 bridgehead atoms. The van der Waals surface area contributed by atoms with Crippen LogP contribution in [0.4, 0.5) is 0 Å². The lowest BCUT2D eigenvalue weighted by Gasteiger charge is -2.31. The van der Waals surface area contributed by atoms with Gasteiger partial charge in [-0.15, -0.1) is 0 Å². The number of esters is 1. The SMILES string of the molecule is CCOCCN1C=CN(CC)C1OC(=O)CCOCCOC. The number of carbonyl (C=O) groups excluding carboxylic acids is 1. The van der Waals surface area contributed by atoms with E-state index >= 15 is 0 Å². The Bertz CT molecular complexity index is 338. The van der Waals surface area contributed by atoms with Gasteiger partial charge in [0.05, 0.1) is 32.8 Å². The van der Waals surface area contributed by atoms with Gasteiger partial charge in [0.2, 0.25) is 0 Å². The summed E-state index contributed by atoms with van der Waals surface area (Å²) < 4.78 is 21.1. The van der Waals surface area contributed by atoms with Gasteiger partial charge in [-0.25, -0.2) is 0 Å². The van der Waals surface area contributed by atoms with Gasteiger partial charge in [0.1, 0.15) is 0 Å². The van der Waals surface area contributed by atoms with E-state index in [1.165, 1.54) is 0 Å². The topological polar surface area (TPSA) is 60.5 Å². The molecule has 1 aliphatic rings. The maximum Gasteiger partial charge on any atom is 0.311 e. The van der Waals surface area contributed by atoms with Crippen LogP contribution in [-0.2, 0) is 23.7 Å². The van der Waals surface area contributed by atoms with E-state index in [9.17, 15) is 4.79 Å². The van der Waals surface area contributed by atoms with Crippen molar-refractivity contribution in [2.24, 2.45) is 0 Å². The van der Waals surface area contributed by atoms with Gasteiger partial charge in [0, 0.05) is 39.2 Å². The van der Waals surface area contributed by atoms with Crippen LogP contribution in [-0.4, -0.2) is 75.4 Å². The smallest absolute Gasteiger partial charge is 0.311 e. The van der Waals surface area contributed by atoms with Crippen molar-refractivity contribution in [2.45, 2.75) is 26.6 Å². The molecule has 128 valence electrons. The maximum absolute atomic E-state index is 11.9. The largest absolute Gasteiger partial charge is 0.422 e. The quantitative estimate of drug-likeness (QED) is 0.393. The maximum atomic E-state index is 11.9. The van der Waals surface area contributed by atoms with Gasteiger partial charge in [-0.05, 0) is 13.8 Å². The first-order valence-corrected chi connectivity index (χ1v) is 7.76. The number of hydrogen-bond acceptors (Lipinski definition) is 7. The molecule has 0 saturated carbocycles. The molecule has 1 heterocycles. The lowest BCUT2D eigenvalue weighted by atomic mass is 10.4. The molecule has 0 radical (unpaired) electrons. The van der Waals surface area contributed by atoms with Crippen molar-refractivity contribution in [2.75, 3.05) is 53.2 Å². The molecular formula is C15H28N2O5. The van der Waals surface area contributed by atoms with E-state index in [1.807, 2.05) is 36.0 Å². The second kappa shape index (κ2) is 11.3. The molecule has 1 aliphatic heterocycles. The predicted molar refractivity (Wildman–Crippen MR) is 81.9 cm³/mol. The number of carbonyl (C=O) groups is 1. The fourth-order valence-electron chi connectivity index (χ4n) is 1.98. The summed E-state index contributed by atoms with van der Waals surface area (Å²) in [5.74, 6) is -0.272. The van der Waals surface area contributed by atoms with Gasteiger partial charge in [-0.3, -0.25) is 4.79 Å². The molecule has 7 nitrogen and oxygen atoms in total. The van der Waals surface area contributed by atoms with Crippen molar-refractivity contribution >= 4 is 5.97 Å². The Hall–Kier alpha value is -1.31. The minimum Gasteiger partial charge on any atom is -0.422 e. The number of nitrogens with zero attached hydrogens (tertiary/aromatic N) is 2. The second-order valence-corrected chi connectivity index (χ2v) is 4.73. The summed E-state index contributed by atoms with van der Waals surface area (Å²) >= 11 is 0. The Kier molecular flexibility index (Phi) is 9.61. The third kappa shape index (κ3) is 6.64. The summed E-state index contributed by atoms with van der Waals surface area (Å²) in [4.78, 5) is 15.9. The Balaban J connectivity index is 2.33. The van der Waals surface area contributed by atoms with Crippen molar-refractivity contribution in [1.29, 1.82) is 0 Å². The first-order chi connectivity index (χ1) is 10.7. The van der Waals surface area contributed by atoms with Crippen LogP contribution in [0.2, 0.25) is 0 Å². The number of ether oxygens (including phenoxy) is 4. The number of methoxy groups -OCH3 is 1. The molecule has 7 heteroatoms. The van der Waals surface area contributed by atoms with Crippen molar-refractivity contribution in [3.8, 4) is 0 Å². The zero-order valence-corrected chi connectivity index (χ0v) is 13.8. The van der Waals surface area contributed by atoms with E-state index in [2.05, 4.69) is 0 Å². The van der Waals surface area contributed by atoms with Crippen molar-refractivity contribution in [1.82, 2.24) is 9.80 Å². The minimum absolute atomic E-state index is 0.233. The van der Waals surface area contributed by atoms with Crippen LogP contribution in [0, 0.1) is 0 Å².